The summed E-state index contributed by atoms with van der Waals surface area (Å²) in [5.41, 5.74) is 4.98. The van der Waals surface area contributed by atoms with Crippen LogP contribution in [0.1, 0.15) is 25.7 Å². The van der Waals surface area contributed by atoms with E-state index in [9.17, 15) is 9.90 Å². The van der Waals surface area contributed by atoms with Crippen molar-refractivity contribution < 1.29 is 9.90 Å². The molecule has 0 heterocycles. The number of nitrogens with two attached hydrogens (primary N) is 1. The molecule has 2 atom stereocenters. The van der Waals surface area contributed by atoms with E-state index in [1.54, 1.807) is 0 Å². The third-order valence-electron chi connectivity index (χ3n) is 2.49. The van der Waals surface area contributed by atoms with Crippen LogP contribution in [-0.4, -0.2) is 30.2 Å². The molecule has 1 aliphatic rings. The molecule has 0 aromatic heterocycles. The third kappa shape index (κ3) is 4.24. The summed E-state index contributed by atoms with van der Waals surface area (Å²) in [5.74, 6) is 0.180. The maximum absolute atomic E-state index is 10.4. The predicted octanol–water partition coefficient (Wildman–Crippen LogP) is -0.388. The molecule has 1 saturated carbocycles. The quantitative estimate of drug-likeness (QED) is 0.560. The molecular formula is C9H18N2O2. The van der Waals surface area contributed by atoms with Crippen molar-refractivity contribution in [1.29, 1.82) is 0 Å². The monoisotopic (exact) mass is 186 g/mol. The Kier molecular flexibility index (Phi) is 4.18. The van der Waals surface area contributed by atoms with Crippen LogP contribution in [0, 0.1) is 5.92 Å². The maximum Gasteiger partial charge on any atom is 0.231 e. The van der Waals surface area contributed by atoms with Crippen molar-refractivity contribution in [3.05, 3.63) is 0 Å². The predicted molar refractivity (Wildman–Crippen MR) is 50.0 cm³/mol. The molecule has 0 aromatic rings. The molecule has 0 spiro atoms. The van der Waals surface area contributed by atoms with Gasteiger partial charge < -0.3 is 16.2 Å². The zero-order valence-electron chi connectivity index (χ0n) is 7.83. The molecule has 0 aromatic carbocycles. The number of aliphatic hydroxyl groups is 1. The van der Waals surface area contributed by atoms with Gasteiger partial charge in [0.1, 0.15) is 0 Å². The minimum absolute atomic E-state index is 0.144. The van der Waals surface area contributed by atoms with E-state index in [0.717, 1.165) is 32.2 Å². The van der Waals surface area contributed by atoms with Crippen LogP contribution in [0.4, 0.5) is 0 Å². The van der Waals surface area contributed by atoms with Crippen LogP contribution in [-0.2, 0) is 4.79 Å². The van der Waals surface area contributed by atoms with E-state index in [1.165, 1.54) is 0 Å². The number of carbonyl (C=O) groups excluding carboxylic acids is 1. The molecule has 0 saturated heterocycles. The van der Waals surface area contributed by atoms with E-state index in [1.807, 2.05) is 0 Å². The van der Waals surface area contributed by atoms with Gasteiger partial charge in [-0.2, -0.15) is 0 Å². The smallest absolute Gasteiger partial charge is 0.231 e. The minimum atomic E-state index is -0.323. The van der Waals surface area contributed by atoms with Crippen molar-refractivity contribution in [3.63, 3.8) is 0 Å². The highest BCUT2D eigenvalue weighted by Crippen LogP contribution is 2.23. The molecule has 2 unspecified atom stereocenters. The van der Waals surface area contributed by atoms with Gasteiger partial charge in [-0.05, 0) is 31.7 Å². The molecule has 0 bridgehead atoms. The first kappa shape index (κ1) is 10.5. The van der Waals surface area contributed by atoms with E-state index in [2.05, 4.69) is 5.32 Å². The lowest BCUT2D eigenvalue weighted by Crippen LogP contribution is -2.34. The van der Waals surface area contributed by atoms with Crippen molar-refractivity contribution in [2.45, 2.75) is 31.8 Å². The number of aliphatic hydroxyl groups excluding tert-OH is 1. The van der Waals surface area contributed by atoms with Gasteiger partial charge in [0.05, 0.1) is 12.6 Å². The van der Waals surface area contributed by atoms with Crippen LogP contribution in [0.3, 0.4) is 0 Å². The summed E-state index contributed by atoms with van der Waals surface area (Å²) in [7, 11) is 0. The van der Waals surface area contributed by atoms with Crippen molar-refractivity contribution in [2.75, 3.05) is 13.1 Å². The molecule has 0 radical (unpaired) electrons. The zero-order valence-corrected chi connectivity index (χ0v) is 7.83. The van der Waals surface area contributed by atoms with E-state index < -0.39 is 0 Å². The highest BCUT2D eigenvalue weighted by Gasteiger charge is 2.19. The van der Waals surface area contributed by atoms with Gasteiger partial charge in [-0.25, -0.2) is 0 Å². The summed E-state index contributed by atoms with van der Waals surface area (Å²) < 4.78 is 0. The fourth-order valence-electron chi connectivity index (χ4n) is 1.85. The fourth-order valence-corrected chi connectivity index (χ4v) is 1.85. The van der Waals surface area contributed by atoms with Crippen LogP contribution < -0.4 is 11.1 Å². The molecule has 4 N–H and O–H groups in total. The highest BCUT2D eigenvalue weighted by molar-refractivity contribution is 5.75. The van der Waals surface area contributed by atoms with Crippen LogP contribution in [0.2, 0.25) is 0 Å². The van der Waals surface area contributed by atoms with E-state index >= 15 is 0 Å². The van der Waals surface area contributed by atoms with Crippen molar-refractivity contribution >= 4 is 5.91 Å². The van der Waals surface area contributed by atoms with E-state index in [-0.39, 0.29) is 18.6 Å². The van der Waals surface area contributed by atoms with Crippen molar-refractivity contribution in [1.82, 2.24) is 5.32 Å². The molecule has 1 rings (SSSR count). The van der Waals surface area contributed by atoms with Crippen LogP contribution in [0.25, 0.3) is 0 Å². The van der Waals surface area contributed by atoms with Crippen molar-refractivity contribution in [2.24, 2.45) is 11.7 Å². The average molecular weight is 186 g/mol. The SMILES string of the molecule is NC(=O)CNCC1CCCC(O)C1. The van der Waals surface area contributed by atoms with Gasteiger partial charge in [0, 0.05) is 0 Å². The Morgan fingerprint density at radius 1 is 1.54 bits per heavy atom. The topological polar surface area (TPSA) is 75.4 Å². The number of carbonyl (C=O) groups is 1. The molecule has 1 amide bonds. The van der Waals surface area contributed by atoms with Gasteiger partial charge in [0.25, 0.3) is 0 Å². The summed E-state index contributed by atoms with van der Waals surface area (Å²) in [6.07, 6.45) is 3.86. The summed E-state index contributed by atoms with van der Waals surface area (Å²) in [6, 6.07) is 0. The molecule has 4 nitrogen and oxygen atoms in total. The number of primary amides is 1. The van der Waals surface area contributed by atoms with Gasteiger partial charge in [-0.15, -0.1) is 0 Å². The van der Waals surface area contributed by atoms with Crippen LogP contribution in [0.5, 0.6) is 0 Å². The van der Waals surface area contributed by atoms with Gasteiger partial charge in [0.15, 0.2) is 0 Å². The Morgan fingerprint density at radius 3 is 2.92 bits per heavy atom. The molecule has 4 heteroatoms. The number of hydrogen-bond acceptors (Lipinski definition) is 3. The Bertz CT molecular complexity index is 173. The first-order valence-electron chi connectivity index (χ1n) is 4.85. The molecule has 0 aliphatic heterocycles. The Balaban J connectivity index is 2.10. The fraction of sp³-hybridized carbons (Fsp3) is 0.889. The highest BCUT2D eigenvalue weighted by atomic mass is 16.3. The second kappa shape index (κ2) is 5.19. The average Bonchev–Trinajstić information content (AvgIpc) is 2.03. The van der Waals surface area contributed by atoms with Gasteiger partial charge in [0.2, 0.25) is 5.91 Å². The van der Waals surface area contributed by atoms with Gasteiger partial charge in [-0.1, -0.05) is 6.42 Å². The normalized spacial score (nSPS) is 28.7. The van der Waals surface area contributed by atoms with Gasteiger partial charge >= 0.3 is 0 Å². The molecule has 13 heavy (non-hydrogen) atoms. The maximum atomic E-state index is 10.4. The van der Waals surface area contributed by atoms with Crippen molar-refractivity contribution in [3.8, 4) is 0 Å². The standard InChI is InChI=1S/C9H18N2O2/c10-9(13)6-11-5-7-2-1-3-8(12)4-7/h7-8,11-12H,1-6H2,(H2,10,13). The molecular weight excluding hydrogens is 168 g/mol. The summed E-state index contributed by atoms with van der Waals surface area (Å²) in [5, 5.41) is 12.4. The lowest BCUT2D eigenvalue weighted by molar-refractivity contribution is -0.117. The molecule has 1 aliphatic carbocycles. The minimum Gasteiger partial charge on any atom is -0.393 e. The third-order valence-corrected chi connectivity index (χ3v) is 2.49. The Labute approximate surface area is 78.5 Å². The lowest BCUT2D eigenvalue weighted by Gasteiger charge is -2.25. The van der Waals surface area contributed by atoms with E-state index in [4.69, 9.17) is 5.73 Å². The molecule has 76 valence electrons. The molecule has 1 fully saturated rings. The number of rotatable bonds is 4. The van der Waals surface area contributed by atoms with Crippen LogP contribution in [0.15, 0.2) is 0 Å². The van der Waals surface area contributed by atoms with Gasteiger partial charge in [-0.3, -0.25) is 4.79 Å². The number of nitrogens with one attached hydrogen (secondary N) is 1. The number of hydrogen-bond donors (Lipinski definition) is 3. The Morgan fingerprint density at radius 2 is 2.31 bits per heavy atom. The summed E-state index contributed by atoms with van der Waals surface area (Å²) in [4.78, 5) is 10.4. The Hall–Kier alpha value is -0.610. The number of amides is 1. The first-order chi connectivity index (χ1) is 6.18. The largest absolute Gasteiger partial charge is 0.393 e. The summed E-state index contributed by atoms with van der Waals surface area (Å²) >= 11 is 0. The lowest BCUT2D eigenvalue weighted by atomic mass is 9.87. The van der Waals surface area contributed by atoms with Crippen LogP contribution >= 0.6 is 0 Å². The first-order valence-corrected chi connectivity index (χ1v) is 4.85. The zero-order chi connectivity index (χ0) is 9.68. The summed E-state index contributed by atoms with van der Waals surface area (Å²) in [6.45, 7) is 1.03. The second-order valence-electron chi connectivity index (χ2n) is 3.78. The second-order valence-corrected chi connectivity index (χ2v) is 3.78. The van der Waals surface area contributed by atoms with E-state index in [0.29, 0.717) is 5.92 Å².